The smallest absolute Gasteiger partial charge is 0.409 e. The molecule has 0 radical (unpaired) electrons. The summed E-state index contributed by atoms with van der Waals surface area (Å²) in [5, 5.41) is 14.5. The molecule has 25 heavy (non-hydrogen) atoms. The summed E-state index contributed by atoms with van der Waals surface area (Å²) in [7, 11) is 0. The van der Waals surface area contributed by atoms with Crippen LogP contribution in [0.3, 0.4) is 0 Å². The SMILES string of the molecule is CCOC(=O)N1CCC(Nc2cnnc(Nc3ccccc3)n2)CC1. The Balaban J connectivity index is 1.54. The predicted molar refractivity (Wildman–Crippen MR) is 94.8 cm³/mol. The number of rotatable bonds is 5. The van der Waals surface area contributed by atoms with E-state index in [1.165, 1.54) is 0 Å². The number of aromatic nitrogens is 3. The van der Waals surface area contributed by atoms with Gasteiger partial charge in [0.2, 0.25) is 5.95 Å². The molecule has 0 aliphatic carbocycles. The number of nitrogens with zero attached hydrogens (tertiary/aromatic N) is 4. The summed E-state index contributed by atoms with van der Waals surface area (Å²) in [5.74, 6) is 1.11. The minimum absolute atomic E-state index is 0.237. The molecule has 1 aromatic carbocycles. The largest absolute Gasteiger partial charge is 0.450 e. The van der Waals surface area contributed by atoms with Crippen LogP contribution in [0.4, 0.5) is 22.2 Å². The average molecular weight is 342 g/mol. The van der Waals surface area contributed by atoms with Crippen LogP contribution >= 0.6 is 0 Å². The Bertz CT molecular complexity index is 689. The summed E-state index contributed by atoms with van der Waals surface area (Å²) in [6, 6.07) is 9.95. The molecule has 132 valence electrons. The molecule has 2 N–H and O–H groups in total. The number of carbonyl (C=O) groups is 1. The molecule has 0 saturated carbocycles. The maximum Gasteiger partial charge on any atom is 0.409 e. The van der Waals surface area contributed by atoms with Crippen molar-refractivity contribution >= 4 is 23.5 Å². The van der Waals surface area contributed by atoms with E-state index in [0.717, 1.165) is 18.5 Å². The zero-order valence-corrected chi connectivity index (χ0v) is 14.2. The minimum Gasteiger partial charge on any atom is -0.450 e. The first-order valence-corrected chi connectivity index (χ1v) is 8.44. The predicted octanol–water partition coefficient (Wildman–Crippen LogP) is 2.65. The van der Waals surface area contributed by atoms with Crippen LogP contribution in [0.5, 0.6) is 0 Å². The summed E-state index contributed by atoms with van der Waals surface area (Å²) < 4.78 is 5.03. The van der Waals surface area contributed by atoms with Crippen LogP contribution in [0.1, 0.15) is 19.8 Å². The molecular formula is C17H22N6O2. The summed E-state index contributed by atoms with van der Waals surface area (Å²) in [6.45, 7) is 3.56. The van der Waals surface area contributed by atoms with E-state index < -0.39 is 0 Å². The van der Waals surface area contributed by atoms with Crippen LogP contribution in [0.25, 0.3) is 0 Å². The fraction of sp³-hybridized carbons (Fsp3) is 0.412. The maximum absolute atomic E-state index is 11.7. The van der Waals surface area contributed by atoms with E-state index in [1.807, 2.05) is 37.3 Å². The van der Waals surface area contributed by atoms with Gasteiger partial charge in [-0.05, 0) is 31.9 Å². The summed E-state index contributed by atoms with van der Waals surface area (Å²) in [5.41, 5.74) is 0.907. The van der Waals surface area contributed by atoms with Gasteiger partial charge in [-0.3, -0.25) is 0 Å². The lowest BCUT2D eigenvalue weighted by molar-refractivity contribution is 0.0983. The molecule has 0 bridgehead atoms. The second-order valence-electron chi connectivity index (χ2n) is 5.76. The molecule has 0 unspecified atom stereocenters. The number of nitrogens with one attached hydrogen (secondary N) is 2. The van der Waals surface area contributed by atoms with Gasteiger partial charge in [0, 0.05) is 24.8 Å². The fourth-order valence-corrected chi connectivity index (χ4v) is 2.71. The maximum atomic E-state index is 11.7. The third-order valence-corrected chi connectivity index (χ3v) is 3.96. The highest BCUT2D eigenvalue weighted by molar-refractivity contribution is 5.67. The highest BCUT2D eigenvalue weighted by atomic mass is 16.6. The second kappa shape index (κ2) is 8.27. The van der Waals surface area contributed by atoms with Crippen LogP contribution in [-0.2, 0) is 4.74 Å². The molecule has 1 aromatic heterocycles. The molecule has 2 aromatic rings. The van der Waals surface area contributed by atoms with Crippen molar-refractivity contribution in [3.8, 4) is 0 Å². The number of hydrogen-bond donors (Lipinski definition) is 2. The number of anilines is 3. The van der Waals surface area contributed by atoms with E-state index in [4.69, 9.17) is 4.74 Å². The summed E-state index contributed by atoms with van der Waals surface area (Å²) in [6.07, 6.45) is 3.04. The molecule has 1 aliphatic rings. The Morgan fingerprint density at radius 1 is 1.28 bits per heavy atom. The third-order valence-electron chi connectivity index (χ3n) is 3.96. The van der Waals surface area contributed by atoms with E-state index in [0.29, 0.717) is 31.5 Å². The van der Waals surface area contributed by atoms with Crippen LogP contribution in [-0.4, -0.2) is 51.9 Å². The number of para-hydroxylation sites is 1. The molecule has 8 heteroatoms. The Labute approximate surface area is 146 Å². The topological polar surface area (TPSA) is 92.3 Å². The Morgan fingerprint density at radius 3 is 2.76 bits per heavy atom. The number of benzene rings is 1. The van der Waals surface area contributed by atoms with Gasteiger partial charge in [0.05, 0.1) is 12.8 Å². The van der Waals surface area contributed by atoms with Gasteiger partial charge in [0.15, 0.2) is 5.82 Å². The van der Waals surface area contributed by atoms with Gasteiger partial charge in [-0.1, -0.05) is 18.2 Å². The quantitative estimate of drug-likeness (QED) is 0.863. The van der Waals surface area contributed by atoms with Crippen LogP contribution < -0.4 is 10.6 Å². The molecule has 1 fully saturated rings. The molecule has 8 nitrogen and oxygen atoms in total. The fourth-order valence-electron chi connectivity index (χ4n) is 2.71. The highest BCUT2D eigenvalue weighted by Gasteiger charge is 2.23. The number of ether oxygens (including phenoxy) is 1. The van der Waals surface area contributed by atoms with Gasteiger partial charge >= 0.3 is 6.09 Å². The van der Waals surface area contributed by atoms with Crippen molar-refractivity contribution in [1.82, 2.24) is 20.1 Å². The van der Waals surface area contributed by atoms with Crippen molar-refractivity contribution in [2.75, 3.05) is 30.3 Å². The van der Waals surface area contributed by atoms with E-state index >= 15 is 0 Å². The van der Waals surface area contributed by atoms with Gasteiger partial charge in [-0.2, -0.15) is 10.1 Å². The molecular weight excluding hydrogens is 320 g/mol. The average Bonchev–Trinajstić information content (AvgIpc) is 2.64. The molecule has 0 spiro atoms. The number of hydrogen-bond acceptors (Lipinski definition) is 7. The van der Waals surface area contributed by atoms with Crippen LogP contribution in [0.15, 0.2) is 36.5 Å². The lowest BCUT2D eigenvalue weighted by Gasteiger charge is -2.31. The van der Waals surface area contributed by atoms with Crippen molar-refractivity contribution in [1.29, 1.82) is 0 Å². The number of amides is 1. The molecule has 2 heterocycles. The van der Waals surface area contributed by atoms with Crippen molar-refractivity contribution in [2.45, 2.75) is 25.8 Å². The summed E-state index contributed by atoms with van der Waals surface area (Å²) in [4.78, 5) is 17.9. The highest BCUT2D eigenvalue weighted by Crippen LogP contribution is 2.17. The van der Waals surface area contributed by atoms with E-state index in [1.54, 1.807) is 11.1 Å². The number of likely N-dealkylation sites (tertiary alicyclic amines) is 1. The Morgan fingerprint density at radius 2 is 2.04 bits per heavy atom. The third kappa shape index (κ3) is 4.79. The molecule has 1 saturated heterocycles. The molecule has 1 amide bonds. The first-order valence-electron chi connectivity index (χ1n) is 8.44. The van der Waals surface area contributed by atoms with Crippen molar-refractivity contribution in [3.05, 3.63) is 36.5 Å². The number of carbonyl (C=O) groups excluding carboxylic acids is 1. The molecule has 0 atom stereocenters. The second-order valence-corrected chi connectivity index (χ2v) is 5.76. The van der Waals surface area contributed by atoms with Crippen LogP contribution in [0, 0.1) is 0 Å². The van der Waals surface area contributed by atoms with Crippen LogP contribution in [0.2, 0.25) is 0 Å². The van der Waals surface area contributed by atoms with Gasteiger partial charge in [0.25, 0.3) is 0 Å². The monoisotopic (exact) mass is 342 g/mol. The zero-order valence-electron chi connectivity index (χ0n) is 14.2. The van der Waals surface area contributed by atoms with Gasteiger partial charge in [-0.15, -0.1) is 5.10 Å². The molecule has 3 rings (SSSR count). The minimum atomic E-state index is -0.237. The van der Waals surface area contributed by atoms with Crippen molar-refractivity contribution in [3.63, 3.8) is 0 Å². The van der Waals surface area contributed by atoms with Gasteiger partial charge < -0.3 is 20.3 Å². The van der Waals surface area contributed by atoms with E-state index in [9.17, 15) is 4.79 Å². The Kier molecular flexibility index (Phi) is 5.61. The number of piperidine rings is 1. The lowest BCUT2D eigenvalue weighted by atomic mass is 10.1. The molecule has 1 aliphatic heterocycles. The lowest BCUT2D eigenvalue weighted by Crippen LogP contribution is -2.42. The summed E-state index contributed by atoms with van der Waals surface area (Å²) >= 11 is 0. The van der Waals surface area contributed by atoms with Crippen molar-refractivity contribution < 1.29 is 9.53 Å². The first kappa shape index (κ1) is 16.9. The van der Waals surface area contributed by atoms with Gasteiger partial charge in [0.1, 0.15) is 0 Å². The zero-order chi connectivity index (χ0) is 17.5. The first-order chi connectivity index (χ1) is 12.2. The normalized spacial score (nSPS) is 14.8. The van der Waals surface area contributed by atoms with Crippen molar-refractivity contribution in [2.24, 2.45) is 0 Å². The van der Waals surface area contributed by atoms with E-state index in [-0.39, 0.29) is 12.1 Å². The van der Waals surface area contributed by atoms with Gasteiger partial charge in [-0.25, -0.2) is 4.79 Å². The Hall–Kier alpha value is -2.90. The van der Waals surface area contributed by atoms with E-state index in [2.05, 4.69) is 25.8 Å². The standard InChI is InChI=1S/C17H22N6O2/c1-2-25-17(24)23-10-8-14(9-11-23)19-15-12-18-22-16(21-15)20-13-6-4-3-5-7-13/h3-7,12,14H,2,8-11H2,1H3,(H2,19,20,21,22).